The van der Waals surface area contributed by atoms with Crippen molar-refractivity contribution in [3.05, 3.63) is 16.1 Å². The number of hydrogen-bond donors (Lipinski definition) is 3. The molecular weight excluding hydrogens is 250 g/mol. The van der Waals surface area contributed by atoms with Crippen LogP contribution < -0.4 is 5.73 Å². The quantitative estimate of drug-likeness (QED) is 0.694. The number of anilines is 1. The van der Waals surface area contributed by atoms with E-state index in [1.165, 1.54) is 11.8 Å². The van der Waals surface area contributed by atoms with Gasteiger partial charge < -0.3 is 10.8 Å². The van der Waals surface area contributed by atoms with Crippen LogP contribution in [0.25, 0.3) is 0 Å². The van der Waals surface area contributed by atoms with Crippen molar-refractivity contribution in [3.8, 4) is 0 Å². The molecule has 84 valence electrons. The van der Waals surface area contributed by atoms with Crippen LogP contribution in [0.3, 0.4) is 0 Å². The van der Waals surface area contributed by atoms with Gasteiger partial charge in [0.15, 0.2) is 0 Å². The molecule has 2 rings (SSSR count). The van der Waals surface area contributed by atoms with Gasteiger partial charge in [-0.3, -0.25) is 0 Å². The Kier molecular flexibility index (Phi) is 3.06. The van der Waals surface area contributed by atoms with Crippen LogP contribution >= 0.6 is 23.1 Å². The van der Waals surface area contributed by atoms with E-state index in [0.29, 0.717) is 16.6 Å². The van der Waals surface area contributed by atoms with Crippen molar-refractivity contribution in [1.29, 1.82) is 0 Å². The lowest BCUT2D eigenvalue weighted by Gasteiger charge is -1.91. The van der Waals surface area contributed by atoms with Gasteiger partial charge in [0, 0.05) is 11.1 Å². The summed E-state index contributed by atoms with van der Waals surface area (Å²) in [6.07, 6.45) is 0. The number of H-pyrrole nitrogens is 1. The highest BCUT2D eigenvalue weighted by molar-refractivity contribution is 7.98. The second-order valence-corrected chi connectivity index (χ2v) is 4.54. The molecule has 0 aliphatic heterocycles. The maximum atomic E-state index is 10.6. The first-order chi connectivity index (χ1) is 7.65. The Bertz CT molecular complexity index is 508. The van der Waals surface area contributed by atoms with Crippen LogP contribution in [0.2, 0.25) is 0 Å². The highest BCUT2D eigenvalue weighted by Gasteiger charge is 2.10. The van der Waals surface area contributed by atoms with Gasteiger partial charge >= 0.3 is 5.97 Å². The van der Waals surface area contributed by atoms with Gasteiger partial charge in [-0.25, -0.2) is 14.9 Å². The number of aromatic nitrogens is 4. The van der Waals surface area contributed by atoms with E-state index in [9.17, 15) is 4.79 Å². The summed E-state index contributed by atoms with van der Waals surface area (Å²) in [6.45, 7) is 0. The molecule has 0 aliphatic rings. The molecule has 2 heterocycles. The molecule has 16 heavy (non-hydrogen) atoms. The number of carbonyl (C=O) groups is 1. The van der Waals surface area contributed by atoms with Crippen molar-refractivity contribution in [2.24, 2.45) is 0 Å². The summed E-state index contributed by atoms with van der Waals surface area (Å²) >= 11 is 2.44. The van der Waals surface area contributed by atoms with Crippen LogP contribution in [0.15, 0.2) is 10.5 Å². The first kappa shape index (κ1) is 10.9. The molecule has 0 unspecified atom stereocenters. The number of nitrogen functional groups attached to an aromatic ring is 1. The number of nitrogens with zero attached hydrogens (tertiary/aromatic N) is 3. The zero-order chi connectivity index (χ0) is 11.5. The monoisotopic (exact) mass is 257 g/mol. The predicted octanol–water partition coefficient (Wildman–Crippen LogP) is 0.834. The van der Waals surface area contributed by atoms with Crippen molar-refractivity contribution in [2.45, 2.75) is 10.9 Å². The molecule has 9 heteroatoms. The van der Waals surface area contributed by atoms with Crippen LogP contribution in [0.1, 0.15) is 15.5 Å². The SMILES string of the molecule is Nc1nc(SCc2csc(C(=O)O)n2)n[nH]1. The van der Waals surface area contributed by atoms with E-state index in [4.69, 9.17) is 10.8 Å². The van der Waals surface area contributed by atoms with Gasteiger partial charge in [-0.05, 0) is 0 Å². The van der Waals surface area contributed by atoms with Crippen molar-refractivity contribution in [1.82, 2.24) is 20.2 Å². The van der Waals surface area contributed by atoms with Crippen LogP contribution in [0, 0.1) is 0 Å². The first-order valence-corrected chi connectivity index (χ1v) is 6.00. The molecule has 0 saturated heterocycles. The molecule has 4 N–H and O–H groups in total. The fourth-order valence-electron chi connectivity index (χ4n) is 0.933. The number of nitrogens with one attached hydrogen (secondary N) is 1. The van der Waals surface area contributed by atoms with Gasteiger partial charge in [0.05, 0.1) is 5.69 Å². The number of nitrogens with two attached hydrogens (primary N) is 1. The zero-order valence-electron chi connectivity index (χ0n) is 7.88. The second kappa shape index (κ2) is 4.49. The molecule has 0 aromatic carbocycles. The summed E-state index contributed by atoms with van der Waals surface area (Å²) in [4.78, 5) is 18.4. The number of thiazole rings is 1. The number of hydrogen-bond acceptors (Lipinski definition) is 7. The highest BCUT2D eigenvalue weighted by atomic mass is 32.2. The van der Waals surface area contributed by atoms with E-state index in [1.807, 2.05) is 0 Å². The standard InChI is InChI=1S/C7H7N5O2S2/c8-6-10-7(12-11-6)16-2-3-1-15-4(9-3)5(13)14/h1H,2H2,(H,13,14)(H3,8,10,11,12). The summed E-state index contributed by atoms with van der Waals surface area (Å²) in [7, 11) is 0. The molecule has 0 fully saturated rings. The molecule has 0 amide bonds. The van der Waals surface area contributed by atoms with E-state index in [2.05, 4.69) is 20.2 Å². The average Bonchev–Trinajstić information content (AvgIpc) is 2.83. The highest BCUT2D eigenvalue weighted by Crippen LogP contribution is 2.20. The third kappa shape index (κ3) is 2.49. The molecule has 2 aromatic heterocycles. The largest absolute Gasteiger partial charge is 0.476 e. The number of aromatic amines is 1. The number of thioether (sulfide) groups is 1. The number of rotatable bonds is 4. The van der Waals surface area contributed by atoms with Crippen molar-refractivity contribution in [2.75, 3.05) is 5.73 Å². The Morgan fingerprint density at radius 3 is 3.00 bits per heavy atom. The average molecular weight is 257 g/mol. The molecule has 0 atom stereocenters. The lowest BCUT2D eigenvalue weighted by Crippen LogP contribution is -1.95. The molecule has 0 bridgehead atoms. The molecule has 2 aromatic rings. The maximum absolute atomic E-state index is 10.6. The first-order valence-electron chi connectivity index (χ1n) is 4.13. The van der Waals surface area contributed by atoms with Gasteiger partial charge in [-0.15, -0.1) is 16.4 Å². The van der Waals surface area contributed by atoms with Gasteiger partial charge in [-0.1, -0.05) is 11.8 Å². The molecule has 0 saturated carbocycles. The van der Waals surface area contributed by atoms with Gasteiger partial charge in [0.1, 0.15) is 0 Å². The number of aromatic carboxylic acids is 1. The second-order valence-electron chi connectivity index (χ2n) is 2.74. The molecule has 0 spiro atoms. The minimum absolute atomic E-state index is 0.0881. The zero-order valence-corrected chi connectivity index (χ0v) is 9.51. The molecule has 0 aliphatic carbocycles. The molecule has 7 nitrogen and oxygen atoms in total. The Hall–Kier alpha value is -1.61. The summed E-state index contributed by atoms with van der Waals surface area (Å²) in [5.74, 6) is -0.239. The van der Waals surface area contributed by atoms with Gasteiger partial charge in [-0.2, -0.15) is 4.98 Å². The third-order valence-corrected chi connectivity index (χ3v) is 3.33. The Labute approximate surface area is 98.1 Å². The number of carboxylic acid groups (broad SMARTS) is 1. The van der Waals surface area contributed by atoms with Crippen LogP contribution in [0.4, 0.5) is 5.95 Å². The van der Waals surface area contributed by atoms with E-state index in [0.717, 1.165) is 11.3 Å². The van der Waals surface area contributed by atoms with E-state index >= 15 is 0 Å². The predicted molar refractivity (Wildman–Crippen MR) is 59.4 cm³/mol. The van der Waals surface area contributed by atoms with E-state index in [1.54, 1.807) is 5.38 Å². The van der Waals surface area contributed by atoms with Crippen LogP contribution in [-0.2, 0) is 5.75 Å². The summed E-state index contributed by atoms with van der Waals surface area (Å²) < 4.78 is 0. The minimum atomic E-state index is -1.01. The molecule has 0 radical (unpaired) electrons. The fraction of sp³-hybridized carbons (Fsp3) is 0.143. The van der Waals surface area contributed by atoms with E-state index in [-0.39, 0.29) is 11.0 Å². The topological polar surface area (TPSA) is 118 Å². The maximum Gasteiger partial charge on any atom is 0.365 e. The van der Waals surface area contributed by atoms with Crippen LogP contribution in [0.5, 0.6) is 0 Å². The lowest BCUT2D eigenvalue weighted by atomic mass is 10.6. The van der Waals surface area contributed by atoms with Crippen molar-refractivity contribution < 1.29 is 9.90 Å². The normalized spacial score (nSPS) is 10.5. The minimum Gasteiger partial charge on any atom is -0.476 e. The lowest BCUT2D eigenvalue weighted by molar-refractivity contribution is 0.0696. The summed E-state index contributed by atoms with van der Waals surface area (Å²) in [6, 6.07) is 0. The number of carboxylic acids is 1. The summed E-state index contributed by atoms with van der Waals surface area (Å²) in [5.41, 5.74) is 6.05. The van der Waals surface area contributed by atoms with Gasteiger partial charge in [0.25, 0.3) is 0 Å². The Morgan fingerprint density at radius 1 is 1.62 bits per heavy atom. The Morgan fingerprint density at radius 2 is 2.44 bits per heavy atom. The summed E-state index contributed by atoms with van der Waals surface area (Å²) in [5, 5.41) is 17.3. The Balaban J connectivity index is 1.97. The smallest absolute Gasteiger partial charge is 0.365 e. The molecular formula is C7H7N5O2S2. The van der Waals surface area contributed by atoms with E-state index < -0.39 is 5.97 Å². The van der Waals surface area contributed by atoms with Crippen LogP contribution in [-0.4, -0.2) is 31.2 Å². The van der Waals surface area contributed by atoms with Gasteiger partial charge in [0.2, 0.25) is 16.1 Å². The third-order valence-electron chi connectivity index (χ3n) is 1.57. The fourth-order valence-corrected chi connectivity index (χ4v) is 2.39. The van der Waals surface area contributed by atoms with Crippen molar-refractivity contribution >= 4 is 35.0 Å². The van der Waals surface area contributed by atoms with Crippen molar-refractivity contribution in [3.63, 3.8) is 0 Å².